The van der Waals surface area contributed by atoms with Crippen LogP contribution in [0.2, 0.25) is 0 Å². The number of nitrogens with zero attached hydrogens (tertiary/aromatic N) is 1. The van der Waals surface area contributed by atoms with Crippen LogP contribution < -0.4 is 4.74 Å². The van der Waals surface area contributed by atoms with Gasteiger partial charge in [-0.05, 0) is 6.07 Å². The van der Waals surface area contributed by atoms with E-state index in [-0.39, 0.29) is 11.6 Å². The minimum absolute atomic E-state index is 0.0359. The summed E-state index contributed by atoms with van der Waals surface area (Å²) in [7, 11) is 1.45. The topological polar surface area (TPSA) is 52.4 Å². The lowest BCUT2D eigenvalue weighted by molar-refractivity contribution is -0.385. The fraction of sp³-hybridized carbons (Fsp3) is 0.250. The van der Waals surface area contributed by atoms with Gasteiger partial charge in [-0.25, -0.2) is 0 Å². The summed E-state index contributed by atoms with van der Waals surface area (Å²) in [5.74, 6) is 0.466. The molecule has 0 radical (unpaired) electrons. The van der Waals surface area contributed by atoms with Gasteiger partial charge in [0.15, 0.2) is 0 Å². The number of rotatable bonds is 3. The number of alkyl halides is 1. The minimum atomic E-state index is -0.481. The monoisotopic (exact) mass is 279 g/mol. The molecule has 0 amide bonds. The summed E-state index contributed by atoms with van der Waals surface area (Å²) in [5, 5.41) is 10.7. The Hall–Kier alpha value is -0.810. The van der Waals surface area contributed by atoms with Crippen molar-refractivity contribution in [3.8, 4) is 5.75 Å². The number of methoxy groups -OCH3 is 1. The minimum Gasteiger partial charge on any atom is -0.496 e. The summed E-state index contributed by atoms with van der Waals surface area (Å²) in [6.07, 6.45) is 0. The summed E-state index contributed by atoms with van der Waals surface area (Å²) < 4.78 is 5.58. The van der Waals surface area contributed by atoms with Gasteiger partial charge in [-0.3, -0.25) is 10.1 Å². The molecule has 1 rings (SSSR count). The normalized spacial score (nSPS) is 9.93. The first-order valence-corrected chi connectivity index (χ1v) is 4.99. The number of nitro groups is 1. The lowest BCUT2D eigenvalue weighted by Crippen LogP contribution is -1.97. The maximum Gasteiger partial charge on any atom is 0.278 e. The third-order valence-electron chi connectivity index (χ3n) is 1.70. The first-order chi connectivity index (χ1) is 6.60. The molecule has 14 heavy (non-hydrogen) atoms. The molecule has 0 aliphatic heterocycles. The number of nitro benzene ring substituents is 1. The van der Waals surface area contributed by atoms with E-state index >= 15 is 0 Å². The van der Waals surface area contributed by atoms with Crippen molar-refractivity contribution in [2.45, 2.75) is 5.88 Å². The molecule has 6 heteroatoms. The Labute approximate surface area is 94.1 Å². The molecule has 1 aromatic carbocycles. The lowest BCUT2D eigenvalue weighted by Gasteiger charge is -2.06. The van der Waals surface area contributed by atoms with E-state index in [2.05, 4.69) is 15.9 Å². The molecule has 0 heterocycles. The zero-order valence-corrected chi connectivity index (χ0v) is 9.63. The highest BCUT2D eigenvalue weighted by Gasteiger charge is 2.18. The quantitative estimate of drug-likeness (QED) is 0.485. The van der Waals surface area contributed by atoms with Gasteiger partial charge in [0, 0.05) is 10.5 Å². The highest BCUT2D eigenvalue weighted by Crippen LogP contribution is 2.33. The average Bonchev–Trinajstić information content (AvgIpc) is 2.16. The second kappa shape index (κ2) is 4.61. The van der Waals surface area contributed by atoms with Crippen LogP contribution in [0.4, 0.5) is 5.69 Å². The van der Waals surface area contributed by atoms with Crippen LogP contribution in [-0.4, -0.2) is 12.0 Å². The second-order valence-electron chi connectivity index (χ2n) is 2.50. The van der Waals surface area contributed by atoms with Crippen LogP contribution in [0.25, 0.3) is 0 Å². The van der Waals surface area contributed by atoms with E-state index in [1.54, 1.807) is 6.07 Å². The number of halogens is 2. The Morgan fingerprint density at radius 3 is 2.71 bits per heavy atom. The van der Waals surface area contributed by atoms with Crippen LogP contribution in [0.3, 0.4) is 0 Å². The van der Waals surface area contributed by atoms with Crippen molar-refractivity contribution in [1.29, 1.82) is 0 Å². The van der Waals surface area contributed by atoms with Gasteiger partial charge in [0.05, 0.1) is 23.5 Å². The summed E-state index contributed by atoms with van der Waals surface area (Å²) >= 11 is 8.77. The van der Waals surface area contributed by atoms with Gasteiger partial charge in [0.1, 0.15) is 5.75 Å². The number of ether oxygens (including phenoxy) is 1. The Kier molecular flexibility index (Phi) is 3.71. The highest BCUT2D eigenvalue weighted by molar-refractivity contribution is 9.10. The van der Waals surface area contributed by atoms with E-state index in [1.165, 1.54) is 13.2 Å². The maximum absolute atomic E-state index is 10.7. The highest BCUT2D eigenvalue weighted by atomic mass is 79.9. The molecule has 76 valence electrons. The average molecular weight is 281 g/mol. The van der Waals surface area contributed by atoms with Crippen LogP contribution >= 0.6 is 27.5 Å². The van der Waals surface area contributed by atoms with Gasteiger partial charge in [0.25, 0.3) is 5.69 Å². The van der Waals surface area contributed by atoms with Gasteiger partial charge in [-0.15, -0.1) is 11.6 Å². The fourth-order valence-electron chi connectivity index (χ4n) is 1.08. The fourth-order valence-corrected chi connectivity index (χ4v) is 1.77. The Morgan fingerprint density at radius 2 is 2.29 bits per heavy atom. The Bertz CT molecular complexity index is 370. The van der Waals surface area contributed by atoms with Crippen molar-refractivity contribution < 1.29 is 9.66 Å². The SMILES string of the molecule is COc1cc(Br)cc([N+](=O)[O-])c1CCl. The van der Waals surface area contributed by atoms with Crippen LogP contribution in [0, 0.1) is 10.1 Å². The molecule has 0 atom stereocenters. The molecule has 0 aliphatic carbocycles. The summed E-state index contributed by atoms with van der Waals surface area (Å²) in [4.78, 5) is 10.2. The molecule has 0 unspecified atom stereocenters. The number of hydrogen-bond acceptors (Lipinski definition) is 3. The summed E-state index contributed by atoms with van der Waals surface area (Å²) in [5.41, 5.74) is 0.355. The van der Waals surface area contributed by atoms with Gasteiger partial charge < -0.3 is 4.74 Å². The van der Waals surface area contributed by atoms with E-state index in [0.29, 0.717) is 15.8 Å². The molecule has 0 aliphatic rings. The summed E-state index contributed by atoms with van der Waals surface area (Å²) in [6, 6.07) is 3.05. The molecule has 1 aromatic rings. The van der Waals surface area contributed by atoms with Crippen molar-refractivity contribution in [3.05, 3.63) is 32.3 Å². The van der Waals surface area contributed by atoms with E-state index in [0.717, 1.165) is 0 Å². The second-order valence-corrected chi connectivity index (χ2v) is 3.68. The van der Waals surface area contributed by atoms with Crippen LogP contribution in [-0.2, 0) is 5.88 Å². The van der Waals surface area contributed by atoms with E-state index in [4.69, 9.17) is 16.3 Å². The smallest absolute Gasteiger partial charge is 0.278 e. The molecule has 0 spiro atoms. The molecule has 0 fully saturated rings. The molecule has 0 bridgehead atoms. The van der Waals surface area contributed by atoms with Crippen molar-refractivity contribution in [3.63, 3.8) is 0 Å². The predicted octanol–water partition coefficient (Wildman–Crippen LogP) is 3.10. The zero-order chi connectivity index (χ0) is 10.7. The number of benzene rings is 1. The first-order valence-electron chi connectivity index (χ1n) is 3.67. The predicted molar refractivity (Wildman–Crippen MR) is 56.9 cm³/mol. The molecule has 4 nitrogen and oxygen atoms in total. The molecule has 0 aromatic heterocycles. The summed E-state index contributed by atoms with van der Waals surface area (Å²) in [6.45, 7) is 0. The van der Waals surface area contributed by atoms with E-state index in [9.17, 15) is 10.1 Å². The van der Waals surface area contributed by atoms with Crippen molar-refractivity contribution in [2.24, 2.45) is 0 Å². The van der Waals surface area contributed by atoms with E-state index < -0.39 is 4.92 Å². The van der Waals surface area contributed by atoms with Crippen molar-refractivity contribution >= 4 is 33.2 Å². The molecular formula is C8H7BrClNO3. The molecule has 0 N–H and O–H groups in total. The molecular weight excluding hydrogens is 273 g/mol. The largest absolute Gasteiger partial charge is 0.496 e. The van der Waals surface area contributed by atoms with E-state index in [1.807, 2.05) is 0 Å². The lowest BCUT2D eigenvalue weighted by atomic mass is 10.2. The van der Waals surface area contributed by atoms with Crippen LogP contribution in [0.15, 0.2) is 16.6 Å². The third-order valence-corrected chi connectivity index (χ3v) is 2.43. The van der Waals surface area contributed by atoms with Gasteiger partial charge in [-0.2, -0.15) is 0 Å². The first kappa shape index (κ1) is 11.3. The van der Waals surface area contributed by atoms with Gasteiger partial charge in [0.2, 0.25) is 0 Å². The Morgan fingerprint density at radius 1 is 1.64 bits per heavy atom. The number of hydrogen-bond donors (Lipinski definition) is 0. The zero-order valence-electron chi connectivity index (χ0n) is 7.29. The van der Waals surface area contributed by atoms with Gasteiger partial charge in [-0.1, -0.05) is 15.9 Å². The molecule has 0 saturated carbocycles. The van der Waals surface area contributed by atoms with Crippen molar-refractivity contribution in [2.75, 3.05) is 7.11 Å². The molecule has 0 saturated heterocycles. The van der Waals surface area contributed by atoms with Crippen LogP contribution in [0.1, 0.15) is 5.56 Å². The van der Waals surface area contributed by atoms with Crippen molar-refractivity contribution in [1.82, 2.24) is 0 Å². The third kappa shape index (κ3) is 2.16. The van der Waals surface area contributed by atoms with Crippen LogP contribution in [0.5, 0.6) is 5.75 Å². The standard InChI is InChI=1S/C8H7BrClNO3/c1-14-8-3-5(9)2-7(11(12)13)6(8)4-10/h2-3H,4H2,1H3. The van der Waals surface area contributed by atoms with Gasteiger partial charge >= 0.3 is 0 Å². The Balaban J connectivity index is 3.39. The maximum atomic E-state index is 10.7.